The number of ether oxygens (including phenoxy) is 2. The second-order valence-corrected chi connectivity index (χ2v) is 9.81. The minimum absolute atomic E-state index is 0.0404. The second kappa shape index (κ2) is 11.1. The molecule has 1 N–H and O–H groups in total. The number of hydrogen-bond acceptors (Lipinski definition) is 8. The molecule has 0 bridgehead atoms. The molecule has 2 atom stereocenters. The number of hydrogen-bond donors (Lipinski definition) is 1. The third-order valence-electron chi connectivity index (χ3n) is 7.16. The van der Waals surface area contributed by atoms with Crippen molar-refractivity contribution in [2.45, 2.75) is 44.5 Å². The van der Waals surface area contributed by atoms with Crippen LogP contribution in [-0.4, -0.2) is 53.7 Å². The van der Waals surface area contributed by atoms with Crippen LogP contribution in [-0.2, 0) is 25.6 Å². The van der Waals surface area contributed by atoms with Gasteiger partial charge < -0.3 is 14.8 Å². The highest BCUT2D eigenvalue weighted by Crippen LogP contribution is 2.45. The molecule has 4 rings (SSSR count). The minimum Gasteiger partial charge on any atom is -0.466 e. The highest BCUT2D eigenvalue weighted by molar-refractivity contribution is 6.00. The van der Waals surface area contributed by atoms with Crippen molar-refractivity contribution in [2.24, 2.45) is 0 Å². The number of benzene rings is 2. The predicted molar refractivity (Wildman–Crippen MR) is 138 cm³/mol. The number of non-ortho nitro benzene ring substituents is 1. The van der Waals surface area contributed by atoms with Crippen LogP contribution in [0.2, 0.25) is 0 Å². The summed E-state index contributed by atoms with van der Waals surface area (Å²) in [5, 5.41) is 14.3. The van der Waals surface area contributed by atoms with Crippen molar-refractivity contribution in [3.05, 3.63) is 98.4 Å². The third kappa shape index (κ3) is 5.57. The molecule has 9 nitrogen and oxygen atoms in total. The van der Waals surface area contributed by atoms with Gasteiger partial charge in [0, 0.05) is 49.6 Å². The van der Waals surface area contributed by atoms with Crippen LogP contribution in [0.1, 0.15) is 37.3 Å². The third-order valence-corrected chi connectivity index (χ3v) is 7.16. The molecule has 1 saturated heterocycles. The first-order valence-corrected chi connectivity index (χ1v) is 12.4. The van der Waals surface area contributed by atoms with Crippen molar-refractivity contribution >= 4 is 17.6 Å². The van der Waals surface area contributed by atoms with Crippen LogP contribution in [0.25, 0.3) is 0 Å². The number of allylic oxidation sites excluding steroid dienone is 2. The topological polar surface area (TPSA) is 111 Å². The fraction of sp³-hybridized carbons (Fsp3) is 0.357. The van der Waals surface area contributed by atoms with Gasteiger partial charge in [-0.05, 0) is 25.0 Å². The fourth-order valence-corrected chi connectivity index (χ4v) is 5.24. The van der Waals surface area contributed by atoms with Gasteiger partial charge in [0.1, 0.15) is 0 Å². The molecule has 2 aliphatic rings. The highest BCUT2D eigenvalue weighted by atomic mass is 19.4. The fourth-order valence-electron chi connectivity index (χ4n) is 5.24. The molecular weight excluding hydrogens is 531 g/mol. The Morgan fingerprint density at radius 2 is 1.73 bits per heavy atom. The van der Waals surface area contributed by atoms with Gasteiger partial charge in [-0.15, -0.1) is 0 Å². The summed E-state index contributed by atoms with van der Waals surface area (Å²) >= 11 is 0. The summed E-state index contributed by atoms with van der Waals surface area (Å²) in [4.78, 5) is 38.9. The SMILES string of the molecule is COC(=O)C1=C(C)NC(C)=C(C(=O)O[C@]2(C(F)(F)F)CCN(Cc3ccccc3)C2)[C@H]1c1cccc([N+](=O)[O-])c1. The Morgan fingerprint density at radius 1 is 1.07 bits per heavy atom. The zero-order valence-corrected chi connectivity index (χ0v) is 22.1. The lowest BCUT2D eigenvalue weighted by Crippen LogP contribution is -2.51. The van der Waals surface area contributed by atoms with Gasteiger partial charge in [-0.25, -0.2) is 9.59 Å². The summed E-state index contributed by atoms with van der Waals surface area (Å²) in [7, 11) is 1.12. The number of halogens is 3. The van der Waals surface area contributed by atoms with Crippen molar-refractivity contribution in [3.8, 4) is 0 Å². The van der Waals surface area contributed by atoms with E-state index in [1.54, 1.807) is 35.2 Å². The van der Waals surface area contributed by atoms with E-state index in [0.29, 0.717) is 0 Å². The summed E-state index contributed by atoms with van der Waals surface area (Å²) in [6.07, 6.45) is -5.36. The van der Waals surface area contributed by atoms with Gasteiger partial charge in [0.2, 0.25) is 5.60 Å². The van der Waals surface area contributed by atoms with Crippen molar-refractivity contribution < 1.29 is 37.2 Å². The lowest BCUT2D eigenvalue weighted by molar-refractivity contribution is -0.384. The summed E-state index contributed by atoms with van der Waals surface area (Å²) in [5.74, 6) is -3.40. The first-order valence-electron chi connectivity index (χ1n) is 12.4. The van der Waals surface area contributed by atoms with Crippen LogP contribution >= 0.6 is 0 Å². The molecule has 0 amide bonds. The molecule has 0 aliphatic carbocycles. The molecule has 0 radical (unpaired) electrons. The van der Waals surface area contributed by atoms with Crippen LogP contribution in [0.4, 0.5) is 18.9 Å². The molecule has 2 heterocycles. The van der Waals surface area contributed by atoms with E-state index in [2.05, 4.69) is 5.32 Å². The van der Waals surface area contributed by atoms with E-state index in [0.717, 1.165) is 12.7 Å². The van der Waals surface area contributed by atoms with Crippen LogP contribution in [0.3, 0.4) is 0 Å². The van der Waals surface area contributed by atoms with E-state index in [9.17, 15) is 32.9 Å². The Morgan fingerprint density at radius 3 is 2.33 bits per heavy atom. The van der Waals surface area contributed by atoms with Crippen LogP contribution < -0.4 is 5.32 Å². The quantitative estimate of drug-likeness (QED) is 0.294. The number of dihydropyridines is 1. The average Bonchev–Trinajstić information content (AvgIpc) is 3.31. The number of methoxy groups -OCH3 is 1. The zero-order valence-electron chi connectivity index (χ0n) is 22.1. The van der Waals surface area contributed by atoms with Gasteiger partial charge in [0.25, 0.3) is 5.69 Å². The molecule has 2 aromatic carbocycles. The molecule has 0 unspecified atom stereocenters. The van der Waals surface area contributed by atoms with Gasteiger partial charge in [-0.1, -0.05) is 42.5 Å². The number of nitrogens with zero attached hydrogens (tertiary/aromatic N) is 2. The van der Waals surface area contributed by atoms with E-state index in [4.69, 9.17) is 9.47 Å². The van der Waals surface area contributed by atoms with Gasteiger partial charge in [-0.2, -0.15) is 13.2 Å². The number of nitro benzene ring substituents is 1. The zero-order chi connectivity index (χ0) is 29.2. The number of likely N-dealkylation sites (tertiary alicyclic amines) is 1. The monoisotopic (exact) mass is 559 g/mol. The maximum absolute atomic E-state index is 14.5. The molecular formula is C28H28F3N3O6. The van der Waals surface area contributed by atoms with Gasteiger partial charge >= 0.3 is 18.1 Å². The molecule has 2 aromatic rings. The molecule has 212 valence electrons. The van der Waals surface area contributed by atoms with E-state index in [1.165, 1.54) is 38.1 Å². The second-order valence-electron chi connectivity index (χ2n) is 9.81. The average molecular weight is 560 g/mol. The Labute approximate surface area is 228 Å². The number of alkyl halides is 3. The molecule has 12 heteroatoms. The Kier molecular flexibility index (Phi) is 8.01. The summed E-state index contributed by atoms with van der Waals surface area (Å²) in [5.41, 5.74) is -2.03. The Bertz CT molecular complexity index is 1390. The highest BCUT2D eigenvalue weighted by Gasteiger charge is 2.62. The van der Waals surface area contributed by atoms with Crippen LogP contribution in [0.15, 0.2) is 77.1 Å². The molecule has 40 heavy (non-hydrogen) atoms. The summed E-state index contributed by atoms with van der Waals surface area (Å²) < 4.78 is 53.9. The van der Waals surface area contributed by atoms with Crippen LogP contribution in [0.5, 0.6) is 0 Å². The summed E-state index contributed by atoms with van der Waals surface area (Å²) in [6, 6.07) is 14.2. The number of nitro groups is 1. The number of esters is 2. The maximum atomic E-state index is 14.5. The molecule has 2 aliphatic heterocycles. The lowest BCUT2D eigenvalue weighted by Gasteiger charge is -2.35. The number of rotatable bonds is 7. The Hall–Kier alpha value is -4.19. The predicted octanol–water partition coefficient (Wildman–Crippen LogP) is 4.75. The first kappa shape index (κ1) is 28.8. The van der Waals surface area contributed by atoms with E-state index in [-0.39, 0.29) is 46.9 Å². The van der Waals surface area contributed by atoms with Crippen molar-refractivity contribution in [1.82, 2.24) is 10.2 Å². The van der Waals surface area contributed by atoms with E-state index in [1.807, 2.05) is 0 Å². The largest absolute Gasteiger partial charge is 0.466 e. The smallest absolute Gasteiger partial charge is 0.429 e. The molecule has 0 saturated carbocycles. The summed E-state index contributed by atoms with van der Waals surface area (Å²) in [6.45, 7) is 2.72. The van der Waals surface area contributed by atoms with Gasteiger partial charge in [0.15, 0.2) is 0 Å². The van der Waals surface area contributed by atoms with E-state index < -0.39 is 47.5 Å². The Balaban J connectivity index is 1.72. The molecule has 0 spiro atoms. The number of carbonyl (C=O) groups is 2. The molecule has 1 fully saturated rings. The molecule has 0 aromatic heterocycles. The van der Waals surface area contributed by atoms with Gasteiger partial charge in [-0.3, -0.25) is 15.0 Å². The van der Waals surface area contributed by atoms with Crippen molar-refractivity contribution in [2.75, 3.05) is 20.2 Å². The number of nitrogens with one attached hydrogen (secondary N) is 1. The van der Waals surface area contributed by atoms with Crippen molar-refractivity contribution in [3.63, 3.8) is 0 Å². The van der Waals surface area contributed by atoms with E-state index >= 15 is 0 Å². The number of carbonyl (C=O) groups excluding carboxylic acids is 2. The van der Waals surface area contributed by atoms with Crippen molar-refractivity contribution in [1.29, 1.82) is 0 Å². The maximum Gasteiger partial charge on any atom is 0.429 e. The minimum atomic E-state index is -4.89. The lowest BCUT2D eigenvalue weighted by atomic mass is 9.80. The normalized spacial score (nSPS) is 21.7. The van der Waals surface area contributed by atoms with Crippen LogP contribution in [0, 0.1) is 10.1 Å². The standard InChI is InChI=1S/C28H28F3N3O6/c1-17-22(25(35)39-3)24(20-10-7-11-21(14-20)34(37)38)23(18(2)32-17)26(36)40-27(28(29,30)31)12-13-33(16-27)15-19-8-5-4-6-9-19/h4-11,14,24,32H,12-13,15-16H2,1-3H3/t24-,27+/m0/s1. The first-order chi connectivity index (χ1) is 18.9. The van der Waals surface area contributed by atoms with Gasteiger partial charge in [0.05, 0.1) is 29.1 Å².